The fourth-order valence-electron chi connectivity index (χ4n) is 1.92. The Morgan fingerprint density at radius 3 is 2.86 bits per heavy atom. The van der Waals surface area contributed by atoms with Crippen LogP contribution in [-0.2, 0) is 13.6 Å². The van der Waals surface area contributed by atoms with Gasteiger partial charge < -0.3 is 14.2 Å². The van der Waals surface area contributed by atoms with E-state index in [1.54, 1.807) is 30.9 Å². The quantitative estimate of drug-likeness (QED) is 0.717. The van der Waals surface area contributed by atoms with Crippen molar-refractivity contribution < 1.29 is 14.4 Å². The molecule has 0 aromatic carbocycles. The molecule has 0 bridgehead atoms. The van der Waals surface area contributed by atoms with Crippen molar-refractivity contribution in [1.82, 2.24) is 34.7 Å². The topological polar surface area (TPSA) is 125 Å². The van der Waals surface area contributed by atoms with Crippen molar-refractivity contribution in [1.29, 1.82) is 0 Å². The molecular weight excluding hydrogens is 278 g/mol. The number of imidazole rings is 1. The summed E-state index contributed by atoms with van der Waals surface area (Å²) >= 11 is 0. The maximum absolute atomic E-state index is 11.3. The number of carbonyl (C=O) groups is 1. The highest BCUT2D eigenvalue weighted by molar-refractivity contribution is 5.91. The summed E-state index contributed by atoms with van der Waals surface area (Å²) in [5.74, 6) is 0.0570. The van der Waals surface area contributed by atoms with E-state index in [1.807, 2.05) is 0 Å². The molecule has 21 heavy (non-hydrogen) atoms. The van der Waals surface area contributed by atoms with Gasteiger partial charge in [0.05, 0.1) is 0 Å². The van der Waals surface area contributed by atoms with Crippen LogP contribution in [0, 0.1) is 6.92 Å². The van der Waals surface area contributed by atoms with Crippen molar-refractivity contribution in [3.8, 4) is 11.5 Å². The third-order valence-corrected chi connectivity index (χ3v) is 2.83. The first-order chi connectivity index (χ1) is 10.1. The van der Waals surface area contributed by atoms with E-state index in [2.05, 4.69) is 25.4 Å². The van der Waals surface area contributed by atoms with E-state index < -0.39 is 5.97 Å². The summed E-state index contributed by atoms with van der Waals surface area (Å²) in [6, 6.07) is 0. The van der Waals surface area contributed by atoms with Gasteiger partial charge in [0.15, 0.2) is 11.6 Å². The Balaban J connectivity index is 2.09. The number of aromatic carboxylic acids is 1. The van der Waals surface area contributed by atoms with Crippen molar-refractivity contribution in [3.63, 3.8) is 0 Å². The van der Waals surface area contributed by atoms with Gasteiger partial charge in [-0.15, -0.1) is 5.10 Å². The van der Waals surface area contributed by atoms with E-state index in [9.17, 15) is 9.90 Å². The van der Waals surface area contributed by atoms with Crippen LogP contribution in [0.25, 0.3) is 11.5 Å². The van der Waals surface area contributed by atoms with Crippen LogP contribution in [-0.4, -0.2) is 45.8 Å². The first-order valence-electron chi connectivity index (χ1n) is 6.00. The molecule has 0 amide bonds. The summed E-state index contributed by atoms with van der Waals surface area (Å²) in [5, 5.41) is 20.4. The van der Waals surface area contributed by atoms with Gasteiger partial charge in [0.25, 0.3) is 0 Å². The standard InChI is InChI=1S/C11H11N7O3/c1-6-13-7(21-15-6)5-18-9(8(11(19)20)14-16-18)10-12-3-4-17(10)2/h3-4H,5H2,1-2H3,(H,19,20). The van der Waals surface area contributed by atoms with Crippen molar-refractivity contribution in [2.24, 2.45) is 7.05 Å². The first-order valence-corrected chi connectivity index (χ1v) is 6.00. The molecule has 108 valence electrons. The van der Waals surface area contributed by atoms with Crippen LogP contribution in [0.5, 0.6) is 0 Å². The second-order valence-electron chi connectivity index (χ2n) is 4.35. The number of aryl methyl sites for hydroxylation is 2. The molecule has 0 saturated heterocycles. The van der Waals surface area contributed by atoms with E-state index in [0.29, 0.717) is 17.5 Å². The van der Waals surface area contributed by atoms with E-state index in [1.165, 1.54) is 4.68 Å². The van der Waals surface area contributed by atoms with E-state index in [-0.39, 0.29) is 17.9 Å². The molecule has 1 N–H and O–H groups in total. The number of carboxylic acid groups (broad SMARTS) is 1. The van der Waals surface area contributed by atoms with E-state index in [4.69, 9.17) is 4.52 Å². The Kier molecular flexibility index (Phi) is 2.97. The minimum absolute atomic E-state index is 0.114. The molecule has 3 rings (SSSR count). The zero-order valence-corrected chi connectivity index (χ0v) is 11.3. The van der Waals surface area contributed by atoms with Gasteiger partial charge in [0.1, 0.15) is 12.2 Å². The zero-order valence-electron chi connectivity index (χ0n) is 11.3. The number of hydrogen-bond acceptors (Lipinski definition) is 7. The highest BCUT2D eigenvalue weighted by Gasteiger charge is 2.24. The summed E-state index contributed by atoms with van der Waals surface area (Å²) in [5.41, 5.74) is 0.103. The molecule has 0 aliphatic carbocycles. The van der Waals surface area contributed by atoms with Crippen LogP contribution in [0.2, 0.25) is 0 Å². The molecule has 10 nitrogen and oxygen atoms in total. The average Bonchev–Trinajstić information content (AvgIpc) is 3.11. The molecule has 0 aliphatic heterocycles. The SMILES string of the molecule is Cc1noc(Cn2nnc(C(=O)O)c2-c2nccn2C)n1. The third kappa shape index (κ3) is 2.26. The number of rotatable bonds is 4. The lowest BCUT2D eigenvalue weighted by Gasteiger charge is -2.04. The Labute approximate surface area is 118 Å². The summed E-state index contributed by atoms with van der Waals surface area (Å²) < 4.78 is 8.07. The van der Waals surface area contributed by atoms with Gasteiger partial charge in [-0.2, -0.15) is 4.98 Å². The molecule has 3 heterocycles. The largest absolute Gasteiger partial charge is 0.476 e. The molecule has 0 spiro atoms. The van der Waals surface area contributed by atoms with Crippen molar-refractivity contribution >= 4 is 5.97 Å². The maximum Gasteiger partial charge on any atom is 0.358 e. The van der Waals surface area contributed by atoms with Crippen LogP contribution in [0.3, 0.4) is 0 Å². The normalized spacial score (nSPS) is 11.0. The van der Waals surface area contributed by atoms with E-state index in [0.717, 1.165) is 0 Å². The number of aromatic nitrogens is 7. The van der Waals surface area contributed by atoms with Crippen LogP contribution in [0.4, 0.5) is 0 Å². The third-order valence-electron chi connectivity index (χ3n) is 2.83. The Hall–Kier alpha value is -3.04. The van der Waals surface area contributed by atoms with Gasteiger partial charge in [0.2, 0.25) is 11.6 Å². The van der Waals surface area contributed by atoms with Gasteiger partial charge in [-0.05, 0) is 6.92 Å². The van der Waals surface area contributed by atoms with Crippen molar-refractivity contribution in [2.45, 2.75) is 13.5 Å². The van der Waals surface area contributed by atoms with E-state index >= 15 is 0 Å². The molecule has 3 aromatic rings. The molecule has 0 atom stereocenters. The Morgan fingerprint density at radius 2 is 2.29 bits per heavy atom. The monoisotopic (exact) mass is 289 g/mol. The molecule has 0 unspecified atom stereocenters. The predicted molar refractivity (Wildman–Crippen MR) is 67.3 cm³/mol. The van der Waals surface area contributed by atoms with Crippen LogP contribution in [0.15, 0.2) is 16.9 Å². The molecular formula is C11H11N7O3. The summed E-state index contributed by atoms with van der Waals surface area (Å²) in [7, 11) is 1.75. The van der Waals surface area contributed by atoms with Crippen LogP contribution >= 0.6 is 0 Å². The van der Waals surface area contributed by atoms with Crippen LogP contribution < -0.4 is 0 Å². The van der Waals surface area contributed by atoms with Crippen molar-refractivity contribution in [2.75, 3.05) is 0 Å². The lowest BCUT2D eigenvalue weighted by Crippen LogP contribution is -2.09. The Bertz CT molecular complexity index is 800. The average molecular weight is 289 g/mol. The molecule has 0 saturated carbocycles. The van der Waals surface area contributed by atoms with Gasteiger partial charge in [0, 0.05) is 19.4 Å². The molecule has 3 aromatic heterocycles. The Morgan fingerprint density at radius 1 is 1.48 bits per heavy atom. The number of hydrogen-bond donors (Lipinski definition) is 1. The summed E-state index contributed by atoms with van der Waals surface area (Å²) in [6.07, 6.45) is 3.27. The summed E-state index contributed by atoms with van der Waals surface area (Å²) in [4.78, 5) is 19.5. The van der Waals surface area contributed by atoms with Crippen LogP contribution in [0.1, 0.15) is 22.2 Å². The lowest BCUT2D eigenvalue weighted by molar-refractivity contribution is 0.0691. The summed E-state index contributed by atoms with van der Waals surface area (Å²) in [6.45, 7) is 1.81. The minimum Gasteiger partial charge on any atom is -0.476 e. The second-order valence-corrected chi connectivity index (χ2v) is 4.35. The maximum atomic E-state index is 11.3. The molecule has 10 heteroatoms. The van der Waals surface area contributed by atoms with Gasteiger partial charge in [-0.3, -0.25) is 0 Å². The minimum atomic E-state index is -1.18. The highest BCUT2D eigenvalue weighted by Crippen LogP contribution is 2.20. The number of nitrogens with zero attached hydrogens (tertiary/aromatic N) is 7. The fraction of sp³-hybridized carbons (Fsp3) is 0.273. The lowest BCUT2D eigenvalue weighted by atomic mass is 10.3. The molecule has 0 fully saturated rings. The highest BCUT2D eigenvalue weighted by atomic mass is 16.5. The molecule has 0 radical (unpaired) electrons. The first kappa shape index (κ1) is 13.0. The molecule has 0 aliphatic rings. The van der Waals surface area contributed by atoms with Crippen molar-refractivity contribution in [3.05, 3.63) is 29.8 Å². The fourth-order valence-corrected chi connectivity index (χ4v) is 1.92. The van der Waals surface area contributed by atoms with Gasteiger partial charge in [-0.25, -0.2) is 14.5 Å². The number of carboxylic acids is 1. The zero-order chi connectivity index (χ0) is 15.0. The van der Waals surface area contributed by atoms with Gasteiger partial charge in [-0.1, -0.05) is 10.4 Å². The second kappa shape index (κ2) is 4.81. The predicted octanol–water partition coefficient (Wildman–Crippen LogP) is 0.117. The smallest absolute Gasteiger partial charge is 0.358 e. The van der Waals surface area contributed by atoms with Gasteiger partial charge >= 0.3 is 5.97 Å².